The molecule has 2 atom stereocenters. The van der Waals surface area contributed by atoms with Gasteiger partial charge in [-0.1, -0.05) is 24.4 Å². The van der Waals surface area contributed by atoms with Crippen LogP contribution < -0.4 is 5.73 Å². The van der Waals surface area contributed by atoms with Gasteiger partial charge in [0.1, 0.15) is 11.6 Å². The maximum atomic E-state index is 9.43. The number of methoxy groups -OCH3 is 1. The van der Waals surface area contributed by atoms with Gasteiger partial charge < -0.3 is 20.1 Å². The number of nitrogens with two attached hydrogens (primary N) is 1. The second kappa shape index (κ2) is 5.34. The zero-order valence-corrected chi connectivity index (χ0v) is 10.9. The molecule has 1 heterocycles. The minimum Gasteiger partial charge on any atom is -0.391 e. The van der Waals surface area contributed by atoms with Crippen LogP contribution in [0.4, 0.5) is 0 Å². The van der Waals surface area contributed by atoms with Gasteiger partial charge in [0.2, 0.25) is 11.7 Å². The second-order valence-corrected chi connectivity index (χ2v) is 4.98. The molecule has 0 amide bonds. The molecule has 1 aromatic rings. The number of ether oxygens (including phenoxy) is 1. The van der Waals surface area contributed by atoms with Crippen molar-refractivity contribution in [1.29, 1.82) is 0 Å². The number of nitrogens with zero attached hydrogens (tertiary/aromatic N) is 2. The highest BCUT2D eigenvalue weighted by molar-refractivity contribution is 5.05. The first-order valence-corrected chi connectivity index (χ1v) is 6.42. The Morgan fingerprint density at radius 1 is 1.39 bits per heavy atom. The Balaban J connectivity index is 2.22. The van der Waals surface area contributed by atoms with Crippen molar-refractivity contribution in [1.82, 2.24) is 10.1 Å². The van der Waals surface area contributed by atoms with Crippen LogP contribution in [0.25, 0.3) is 0 Å². The molecule has 0 aromatic carbocycles. The van der Waals surface area contributed by atoms with Gasteiger partial charge in [0, 0.05) is 7.11 Å². The third-order valence-corrected chi connectivity index (χ3v) is 3.71. The van der Waals surface area contributed by atoms with Crippen molar-refractivity contribution < 1.29 is 14.4 Å². The Kier molecular flexibility index (Phi) is 3.99. The first kappa shape index (κ1) is 13.5. The fraction of sp³-hybridized carbons (Fsp3) is 0.833. The maximum Gasteiger partial charge on any atom is 0.246 e. The van der Waals surface area contributed by atoms with E-state index < -0.39 is 17.7 Å². The van der Waals surface area contributed by atoms with Crippen LogP contribution in [-0.4, -0.2) is 28.5 Å². The Labute approximate surface area is 107 Å². The van der Waals surface area contributed by atoms with E-state index in [9.17, 15) is 5.11 Å². The topological polar surface area (TPSA) is 94.4 Å². The molecule has 0 bridgehead atoms. The minimum absolute atomic E-state index is 0.266. The van der Waals surface area contributed by atoms with Crippen molar-refractivity contribution in [3.63, 3.8) is 0 Å². The fourth-order valence-electron chi connectivity index (χ4n) is 2.40. The quantitative estimate of drug-likeness (QED) is 0.841. The molecule has 0 saturated heterocycles. The van der Waals surface area contributed by atoms with E-state index in [0.717, 1.165) is 25.7 Å². The van der Waals surface area contributed by atoms with E-state index in [0.29, 0.717) is 5.82 Å². The van der Waals surface area contributed by atoms with E-state index in [-0.39, 0.29) is 5.89 Å². The number of aromatic nitrogens is 2. The molecule has 0 unspecified atom stereocenters. The molecule has 0 aliphatic heterocycles. The van der Waals surface area contributed by atoms with Crippen molar-refractivity contribution in [3.8, 4) is 0 Å². The summed E-state index contributed by atoms with van der Waals surface area (Å²) in [6.07, 6.45) is 4.48. The molecule has 102 valence electrons. The van der Waals surface area contributed by atoms with Gasteiger partial charge in [-0.05, 0) is 19.8 Å². The van der Waals surface area contributed by atoms with Crippen LogP contribution in [0, 0.1) is 0 Å². The summed E-state index contributed by atoms with van der Waals surface area (Å²) >= 11 is 0. The monoisotopic (exact) mass is 255 g/mol. The number of hydrogen-bond acceptors (Lipinski definition) is 6. The molecule has 6 heteroatoms. The van der Waals surface area contributed by atoms with E-state index in [1.165, 1.54) is 6.42 Å². The first-order valence-electron chi connectivity index (χ1n) is 6.42. The zero-order chi connectivity index (χ0) is 13.2. The van der Waals surface area contributed by atoms with E-state index in [1.54, 1.807) is 14.0 Å². The molecular weight excluding hydrogens is 234 g/mol. The summed E-state index contributed by atoms with van der Waals surface area (Å²) in [7, 11) is 1.68. The summed E-state index contributed by atoms with van der Waals surface area (Å²) in [6, 6.07) is -0.649. The third kappa shape index (κ3) is 2.41. The van der Waals surface area contributed by atoms with Gasteiger partial charge in [-0.2, -0.15) is 4.98 Å². The smallest absolute Gasteiger partial charge is 0.246 e. The number of aliphatic hydroxyl groups excluding tert-OH is 1. The van der Waals surface area contributed by atoms with Crippen molar-refractivity contribution >= 4 is 0 Å². The molecule has 0 spiro atoms. The predicted octanol–water partition coefficient (Wildman–Crippen LogP) is 1.26. The van der Waals surface area contributed by atoms with Crippen molar-refractivity contribution in [2.24, 2.45) is 5.73 Å². The molecule has 1 aliphatic rings. The Morgan fingerprint density at radius 3 is 2.61 bits per heavy atom. The lowest BCUT2D eigenvalue weighted by Crippen LogP contribution is -2.32. The lowest BCUT2D eigenvalue weighted by molar-refractivity contribution is -0.0527. The van der Waals surface area contributed by atoms with Gasteiger partial charge in [0.15, 0.2) is 0 Å². The molecule has 3 N–H and O–H groups in total. The highest BCUT2D eigenvalue weighted by Crippen LogP contribution is 2.38. The van der Waals surface area contributed by atoms with Crippen LogP contribution in [0.1, 0.15) is 56.8 Å². The van der Waals surface area contributed by atoms with Gasteiger partial charge in [0.05, 0.1) is 6.10 Å². The number of rotatable bonds is 4. The number of hydrogen-bond donors (Lipinski definition) is 2. The average Bonchev–Trinajstić information content (AvgIpc) is 2.88. The normalized spacial score (nSPS) is 22.7. The maximum absolute atomic E-state index is 9.43. The fourth-order valence-corrected chi connectivity index (χ4v) is 2.40. The highest BCUT2D eigenvalue weighted by Gasteiger charge is 2.39. The second-order valence-electron chi connectivity index (χ2n) is 4.98. The Bertz CT molecular complexity index is 386. The van der Waals surface area contributed by atoms with E-state index >= 15 is 0 Å². The average molecular weight is 255 g/mol. The molecule has 1 saturated carbocycles. The Morgan fingerprint density at radius 2 is 2.06 bits per heavy atom. The standard InChI is InChI=1S/C12H21N3O3/c1-8(16)9(13)10-14-11(15-18-10)12(17-2)6-4-3-5-7-12/h8-9,16H,3-7,13H2,1-2H3/t8-,9+/m1/s1. The SMILES string of the molecule is COC1(c2noc([C@@H](N)[C@@H](C)O)n2)CCCCC1. The van der Waals surface area contributed by atoms with Crippen LogP contribution in [0.15, 0.2) is 4.52 Å². The molecular formula is C12H21N3O3. The van der Waals surface area contributed by atoms with E-state index in [4.69, 9.17) is 15.0 Å². The van der Waals surface area contributed by atoms with Gasteiger partial charge in [-0.15, -0.1) is 0 Å². The highest BCUT2D eigenvalue weighted by atomic mass is 16.5. The lowest BCUT2D eigenvalue weighted by atomic mass is 9.84. The predicted molar refractivity (Wildman–Crippen MR) is 64.7 cm³/mol. The molecule has 2 rings (SSSR count). The first-order chi connectivity index (χ1) is 8.59. The largest absolute Gasteiger partial charge is 0.391 e. The third-order valence-electron chi connectivity index (χ3n) is 3.71. The molecule has 1 aromatic heterocycles. The van der Waals surface area contributed by atoms with Gasteiger partial charge >= 0.3 is 0 Å². The summed E-state index contributed by atoms with van der Waals surface area (Å²) in [6.45, 7) is 1.60. The Hall–Kier alpha value is -0.980. The van der Waals surface area contributed by atoms with Crippen LogP contribution in [0.5, 0.6) is 0 Å². The van der Waals surface area contributed by atoms with E-state index in [2.05, 4.69) is 10.1 Å². The molecule has 1 fully saturated rings. The zero-order valence-electron chi connectivity index (χ0n) is 10.9. The minimum atomic E-state index is -0.719. The van der Waals surface area contributed by atoms with Crippen LogP contribution in [0.2, 0.25) is 0 Å². The van der Waals surface area contributed by atoms with Gasteiger partial charge in [0.25, 0.3) is 0 Å². The number of aliphatic hydroxyl groups is 1. The molecule has 0 radical (unpaired) electrons. The van der Waals surface area contributed by atoms with Gasteiger partial charge in [-0.3, -0.25) is 0 Å². The summed E-state index contributed by atoms with van der Waals surface area (Å²) < 4.78 is 10.8. The van der Waals surface area contributed by atoms with E-state index in [1.807, 2.05) is 0 Å². The van der Waals surface area contributed by atoms with Crippen molar-refractivity contribution in [2.75, 3.05) is 7.11 Å². The summed E-state index contributed by atoms with van der Waals surface area (Å²) in [5.74, 6) is 0.817. The van der Waals surface area contributed by atoms with Crippen LogP contribution >= 0.6 is 0 Å². The summed E-state index contributed by atoms with van der Waals surface area (Å²) in [5, 5.41) is 13.4. The molecule has 6 nitrogen and oxygen atoms in total. The lowest BCUT2D eigenvalue weighted by Gasteiger charge is -2.32. The van der Waals surface area contributed by atoms with Crippen LogP contribution in [-0.2, 0) is 10.3 Å². The van der Waals surface area contributed by atoms with Crippen LogP contribution in [0.3, 0.4) is 0 Å². The van der Waals surface area contributed by atoms with Crippen molar-refractivity contribution in [2.45, 2.75) is 56.8 Å². The van der Waals surface area contributed by atoms with Crippen molar-refractivity contribution in [3.05, 3.63) is 11.7 Å². The summed E-state index contributed by atoms with van der Waals surface area (Å²) in [5.41, 5.74) is 5.33. The summed E-state index contributed by atoms with van der Waals surface area (Å²) in [4.78, 5) is 4.31. The molecule has 1 aliphatic carbocycles. The van der Waals surface area contributed by atoms with Gasteiger partial charge in [-0.25, -0.2) is 0 Å². The molecule has 18 heavy (non-hydrogen) atoms.